The van der Waals surface area contributed by atoms with E-state index in [0.717, 1.165) is 16.8 Å². The number of aliphatic hydroxyl groups excluding tert-OH is 1. The lowest BCUT2D eigenvalue weighted by atomic mass is 9.99. The van der Waals surface area contributed by atoms with Crippen molar-refractivity contribution in [3.8, 4) is 0 Å². The van der Waals surface area contributed by atoms with Crippen molar-refractivity contribution in [3.05, 3.63) is 64.7 Å². The van der Waals surface area contributed by atoms with Crippen molar-refractivity contribution < 1.29 is 14.6 Å². The van der Waals surface area contributed by atoms with Gasteiger partial charge in [0.1, 0.15) is 0 Å². The van der Waals surface area contributed by atoms with Crippen LogP contribution >= 0.6 is 32.0 Å². The van der Waals surface area contributed by atoms with Crippen LogP contribution in [0.2, 0.25) is 5.02 Å². The summed E-state index contributed by atoms with van der Waals surface area (Å²) in [6.45, 7) is 2.01. The standard InChI is InChI=1S/C18H23ClNO3P.ClH/c1-13(20-17-8-6-16(19)7-9-17)10-18(21)11-14-4-2-3-5-15(14)12-24(22)23;/h2-9,13,18,20-21,24H,10-12H2,1H3,(H,22,23);1H/t13?,18-;/m1./s1. The zero-order valence-corrected chi connectivity index (χ0v) is 16.6. The third kappa shape index (κ3) is 7.81. The molecule has 0 fully saturated rings. The second kappa shape index (κ2) is 10.8. The fraction of sp³-hybridized carbons (Fsp3) is 0.333. The van der Waals surface area contributed by atoms with Gasteiger partial charge in [-0.2, -0.15) is 0 Å². The Morgan fingerprint density at radius 2 is 1.72 bits per heavy atom. The molecule has 3 atom stereocenters. The van der Waals surface area contributed by atoms with Gasteiger partial charge in [0.15, 0.2) is 8.03 Å². The highest BCUT2D eigenvalue weighted by atomic mass is 35.5. The fourth-order valence-corrected chi connectivity index (χ4v) is 3.52. The number of aliphatic hydroxyl groups is 1. The van der Waals surface area contributed by atoms with E-state index in [1.807, 2.05) is 55.5 Å². The maximum atomic E-state index is 11.1. The number of nitrogens with one attached hydrogen (secondary N) is 1. The first-order valence-corrected chi connectivity index (χ1v) is 9.87. The topological polar surface area (TPSA) is 69.6 Å². The van der Waals surface area contributed by atoms with E-state index >= 15 is 0 Å². The maximum absolute atomic E-state index is 11.1. The molecular weight excluding hydrogens is 380 g/mol. The van der Waals surface area contributed by atoms with E-state index in [9.17, 15) is 9.67 Å². The quantitative estimate of drug-likeness (QED) is 0.566. The van der Waals surface area contributed by atoms with E-state index in [-0.39, 0.29) is 24.6 Å². The monoisotopic (exact) mass is 403 g/mol. The van der Waals surface area contributed by atoms with Crippen LogP contribution in [0.5, 0.6) is 0 Å². The Hall–Kier alpha value is -1.03. The van der Waals surface area contributed by atoms with E-state index < -0.39 is 14.1 Å². The van der Waals surface area contributed by atoms with Crippen molar-refractivity contribution in [1.29, 1.82) is 0 Å². The molecule has 0 aliphatic heterocycles. The third-order valence-corrected chi connectivity index (χ3v) is 4.73. The van der Waals surface area contributed by atoms with Crippen LogP contribution in [0, 0.1) is 0 Å². The summed E-state index contributed by atoms with van der Waals surface area (Å²) in [6, 6.07) is 15.0. The molecule has 2 unspecified atom stereocenters. The van der Waals surface area contributed by atoms with E-state index in [1.165, 1.54) is 0 Å². The molecule has 0 aliphatic carbocycles. The molecule has 0 heterocycles. The van der Waals surface area contributed by atoms with Crippen LogP contribution in [0.4, 0.5) is 5.69 Å². The number of benzene rings is 2. The van der Waals surface area contributed by atoms with Crippen LogP contribution in [0.25, 0.3) is 0 Å². The lowest BCUT2D eigenvalue weighted by Gasteiger charge is -2.20. The summed E-state index contributed by atoms with van der Waals surface area (Å²) in [5, 5.41) is 14.4. The van der Waals surface area contributed by atoms with Crippen LogP contribution < -0.4 is 5.32 Å². The first-order chi connectivity index (χ1) is 11.4. The fourth-order valence-electron chi connectivity index (χ4n) is 2.73. The van der Waals surface area contributed by atoms with Crippen LogP contribution in [0.15, 0.2) is 48.5 Å². The molecule has 0 aliphatic rings. The van der Waals surface area contributed by atoms with Gasteiger partial charge in [-0.3, -0.25) is 4.57 Å². The Morgan fingerprint density at radius 1 is 1.12 bits per heavy atom. The highest BCUT2D eigenvalue weighted by Crippen LogP contribution is 2.25. The van der Waals surface area contributed by atoms with Gasteiger partial charge < -0.3 is 15.3 Å². The second-order valence-corrected chi connectivity index (χ2v) is 7.56. The zero-order chi connectivity index (χ0) is 17.5. The summed E-state index contributed by atoms with van der Waals surface area (Å²) in [6.07, 6.45) is 0.678. The number of rotatable bonds is 8. The van der Waals surface area contributed by atoms with Gasteiger partial charge in [-0.25, -0.2) is 0 Å². The molecule has 25 heavy (non-hydrogen) atoms. The average molecular weight is 404 g/mol. The van der Waals surface area contributed by atoms with E-state index in [4.69, 9.17) is 16.5 Å². The summed E-state index contributed by atoms with van der Waals surface area (Å²) < 4.78 is 11.1. The van der Waals surface area contributed by atoms with Gasteiger partial charge in [0.25, 0.3) is 0 Å². The van der Waals surface area contributed by atoms with Gasteiger partial charge in [0.05, 0.1) is 6.10 Å². The number of hydrogen-bond acceptors (Lipinski definition) is 3. The Bertz CT molecular complexity index is 682. The molecule has 0 saturated heterocycles. The maximum Gasteiger partial charge on any atom is 0.193 e. The summed E-state index contributed by atoms with van der Waals surface area (Å²) in [5.74, 6) is 0. The van der Waals surface area contributed by atoms with Crippen LogP contribution in [-0.4, -0.2) is 22.1 Å². The molecular formula is C18H24Cl2NO3P. The third-order valence-electron chi connectivity index (χ3n) is 3.80. The van der Waals surface area contributed by atoms with Crippen molar-refractivity contribution in [2.75, 3.05) is 5.32 Å². The minimum Gasteiger partial charge on any atom is -0.393 e. The molecule has 0 spiro atoms. The minimum atomic E-state index is -2.57. The largest absolute Gasteiger partial charge is 0.393 e. The zero-order valence-electron chi connectivity index (χ0n) is 14.0. The highest BCUT2D eigenvalue weighted by Gasteiger charge is 2.14. The molecule has 0 amide bonds. The molecule has 2 aromatic carbocycles. The number of anilines is 1. The highest BCUT2D eigenvalue weighted by molar-refractivity contribution is 7.37. The first kappa shape index (κ1) is 22.0. The Balaban J connectivity index is 0.00000312. The van der Waals surface area contributed by atoms with Crippen molar-refractivity contribution >= 4 is 37.7 Å². The van der Waals surface area contributed by atoms with Gasteiger partial charge >= 0.3 is 0 Å². The van der Waals surface area contributed by atoms with Gasteiger partial charge in [0, 0.05) is 22.9 Å². The smallest absolute Gasteiger partial charge is 0.193 e. The summed E-state index contributed by atoms with van der Waals surface area (Å²) >= 11 is 5.87. The second-order valence-electron chi connectivity index (χ2n) is 5.99. The Kier molecular flexibility index (Phi) is 9.55. The molecule has 4 nitrogen and oxygen atoms in total. The molecule has 138 valence electrons. The summed E-state index contributed by atoms with van der Waals surface area (Å²) in [4.78, 5) is 9.16. The predicted molar refractivity (Wildman–Crippen MR) is 107 cm³/mol. The summed E-state index contributed by atoms with van der Waals surface area (Å²) in [7, 11) is -2.57. The normalized spacial score (nSPS) is 14.2. The van der Waals surface area contributed by atoms with Gasteiger partial charge in [-0.1, -0.05) is 35.9 Å². The average Bonchev–Trinajstić information content (AvgIpc) is 2.51. The van der Waals surface area contributed by atoms with Crippen LogP contribution in [-0.2, 0) is 17.1 Å². The van der Waals surface area contributed by atoms with Gasteiger partial charge in [0.2, 0.25) is 0 Å². The van der Waals surface area contributed by atoms with E-state index in [1.54, 1.807) is 0 Å². The molecule has 0 saturated carbocycles. The van der Waals surface area contributed by atoms with Gasteiger partial charge in [-0.15, -0.1) is 12.4 Å². The predicted octanol–water partition coefficient (Wildman–Crippen LogP) is 4.52. The van der Waals surface area contributed by atoms with Crippen LogP contribution in [0.1, 0.15) is 24.5 Å². The van der Waals surface area contributed by atoms with Gasteiger partial charge in [-0.05, 0) is 55.2 Å². The molecule has 7 heteroatoms. The van der Waals surface area contributed by atoms with Crippen LogP contribution in [0.3, 0.4) is 0 Å². The molecule has 0 bridgehead atoms. The van der Waals surface area contributed by atoms with E-state index in [0.29, 0.717) is 17.9 Å². The molecule has 0 aromatic heterocycles. The van der Waals surface area contributed by atoms with Crippen molar-refractivity contribution in [1.82, 2.24) is 0 Å². The first-order valence-electron chi connectivity index (χ1n) is 7.93. The summed E-state index contributed by atoms with van der Waals surface area (Å²) in [5.41, 5.74) is 2.72. The number of hydrogen-bond donors (Lipinski definition) is 3. The van der Waals surface area contributed by atoms with E-state index in [2.05, 4.69) is 5.32 Å². The number of halogens is 2. The van der Waals surface area contributed by atoms with Crippen molar-refractivity contribution in [3.63, 3.8) is 0 Å². The molecule has 3 N–H and O–H groups in total. The Labute approximate surface area is 160 Å². The molecule has 2 rings (SSSR count). The lowest BCUT2D eigenvalue weighted by molar-refractivity contribution is 0.160. The SMILES string of the molecule is CC(C[C@@H](O)Cc1ccccc1C[PH](=O)O)Nc1ccc(Cl)cc1.Cl. The minimum absolute atomic E-state index is 0. The molecule has 2 aromatic rings. The van der Waals surface area contributed by atoms with Crippen molar-refractivity contribution in [2.24, 2.45) is 0 Å². The lowest BCUT2D eigenvalue weighted by Crippen LogP contribution is -2.24. The Morgan fingerprint density at radius 3 is 2.32 bits per heavy atom. The van der Waals surface area contributed by atoms with Crippen molar-refractivity contribution in [2.45, 2.75) is 38.1 Å². The molecule has 0 radical (unpaired) electrons.